The quantitative estimate of drug-likeness (QED) is 0.118. The van der Waals surface area contributed by atoms with E-state index in [0.717, 1.165) is 29.8 Å². The van der Waals surface area contributed by atoms with Crippen LogP contribution in [0.15, 0.2) is 90.6 Å². The molecule has 7 nitrogen and oxygen atoms in total. The zero-order valence-corrected chi connectivity index (χ0v) is 22.9. The van der Waals surface area contributed by atoms with Crippen molar-refractivity contribution in [1.82, 2.24) is 0 Å². The summed E-state index contributed by atoms with van der Waals surface area (Å²) in [5.41, 5.74) is 1.20. The zero-order chi connectivity index (χ0) is 29.7. The van der Waals surface area contributed by atoms with Crippen molar-refractivity contribution in [1.29, 1.82) is 0 Å². The van der Waals surface area contributed by atoms with Gasteiger partial charge in [-0.1, -0.05) is 30.9 Å². The minimum Gasteiger partial charge on any atom is -0.499 e. The fraction of sp³-hybridized carbons (Fsp3) is 0.233. The Labute approximate surface area is 231 Å². The van der Waals surface area contributed by atoms with Gasteiger partial charge in [-0.05, 0) is 47.6 Å². The molecular weight excluding hydrogens is 527 g/mol. The topological polar surface area (TPSA) is 75.3 Å². The number of alkyl halides is 3. The van der Waals surface area contributed by atoms with Crippen LogP contribution in [-0.2, 0) is 20.4 Å². The third-order valence-electron chi connectivity index (χ3n) is 5.41. The Morgan fingerprint density at radius 2 is 1.65 bits per heavy atom. The maximum absolute atomic E-state index is 12.8. The molecule has 40 heavy (non-hydrogen) atoms. The van der Waals surface area contributed by atoms with Gasteiger partial charge in [0.1, 0.15) is 18.1 Å². The number of hydrogen-bond acceptors (Lipinski definition) is 7. The summed E-state index contributed by atoms with van der Waals surface area (Å²) in [6.07, 6.45) is 5.23. The first-order valence-electron chi connectivity index (χ1n) is 11.8. The molecule has 0 aliphatic heterocycles. The first kappa shape index (κ1) is 31.8. The van der Waals surface area contributed by atoms with E-state index < -0.39 is 17.5 Å². The van der Waals surface area contributed by atoms with E-state index in [1.807, 2.05) is 12.2 Å². The normalized spacial score (nSPS) is 12.5. The van der Waals surface area contributed by atoms with E-state index in [1.54, 1.807) is 38.5 Å². The molecule has 0 aromatic heterocycles. The Bertz CT molecular complexity index is 1290. The first-order valence-corrected chi connectivity index (χ1v) is 11.8. The van der Waals surface area contributed by atoms with Gasteiger partial charge < -0.3 is 29.0 Å². The Morgan fingerprint density at radius 3 is 2.20 bits per heavy atom. The second kappa shape index (κ2) is 15.2. The Hall–Kier alpha value is -4.44. The van der Waals surface area contributed by atoms with Gasteiger partial charge in [-0.3, -0.25) is 4.79 Å². The van der Waals surface area contributed by atoms with Crippen molar-refractivity contribution in [2.75, 3.05) is 47.5 Å². The van der Waals surface area contributed by atoms with Crippen molar-refractivity contribution < 1.29 is 41.7 Å². The summed E-state index contributed by atoms with van der Waals surface area (Å²) < 4.78 is 65.0. The van der Waals surface area contributed by atoms with Crippen LogP contribution >= 0.6 is 0 Å². The highest BCUT2D eigenvalue weighted by molar-refractivity contribution is 6.04. The molecule has 0 aliphatic carbocycles. The summed E-state index contributed by atoms with van der Waals surface area (Å²) in [5.74, 6) is 1.35. The number of methoxy groups -OCH3 is 5. The molecule has 0 saturated heterocycles. The standard InChI is InChI=1S/C30H32F3NO6/c1-20(37-3)15-21(16-25(38-4)19-36-2)7-8-22-17-26(29(40-6)28(18-22)39-5)34-14-13-27(35)23-9-11-24(12-10-23)30(31,32)33/h7-18,34H,1,19H2,2-6H3/b8-7-,14-13-,21-15-,25-16+. The summed E-state index contributed by atoms with van der Waals surface area (Å²) in [7, 11) is 7.58. The number of benzene rings is 2. The summed E-state index contributed by atoms with van der Waals surface area (Å²) in [5, 5.41) is 2.99. The van der Waals surface area contributed by atoms with Crippen LogP contribution in [-0.4, -0.2) is 47.9 Å². The van der Waals surface area contributed by atoms with Crippen LogP contribution in [0.5, 0.6) is 11.5 Å². The summed E-state index contributed by atoms with van der Waals surface area (Å²) in [4.78, 5) is 12.5. The molecule has 0 heterocycles. The lowest BCUT2D eigenvalue weighted by Crippen LogP contribution is -2.05. The van der Waals surface area contributed by atoms with Crippen LogP contribution in [0, 0.1) is 0 Å². The van der Waals surface area contributed by atoms with E-state index in [1.165, 1.54) is 33.6 Å². The summed E-state index contributed by atoms with van der Waals surface area (Å²) >= 11 is 0. The lowest BCUT2D eigenvalue weighted by molar-refractivity contribution is -0.137. The predicted molar refractivity (Wildman–Crippen MR) is 148 cm³/mol. The molecule has 0 radical (unpaired) electrons. The van der Waals surface area contributed by atoms with Gasteiger partial charge in [-0.15, -0.1) is 0 Å². The maximum atomic E-state index is 12.8. The van der Waals surface area contributed by atoms with E-state index >= 15 is 0 Å². The van der Waals surface area contributed by atoms with Gasteiger partial charge in [-0.25, -0.2) is 0 Å². The molecule has 2 rings (SSSR count). The third kappa shape index (κ3) is 9.39. The number of anilines is 1. The number of hydrogen-bond donors (Lipinski definition) is 1. The van der Waals surface area contributed by atoms with Crippen LogP contribution in [0.1, 0.15) is 21.5 Å². The Morgan fingerprint density at radius 1 is 0.950 bits per heavy atom. The fourth-order valence-corrected chi connectivity index (χ4v) is 3.38. The average molecular weight is 560 g/mol. The molecule has 10 heteroatoms. The highest BCUT2D eigenvalue weighted by atomic mass is 19.4. The fourth-order valence-electron chi connectivity index (χ4n) is 3.38. The predicted octanol–water partition coefficient (Wildman–Crippen LogP) is 6.81. The largest absolute Gasteiger partial charge is 0.499 e. The van der Waals surface area contributed by atoms with Crippen molar-refractivity contribution in [2.45, 2.75) is 6.18 Å². The molecule has 0 saturated carbocycles. The highest BCUT2D eigenvalue weighted by Gasteiger charge is 2.30. The Balaban J connectivity index is 2.35. The van der Waals surface area contributed by atoms with Crippen LogP contribution in [0.2, 0.25) is 0 Å². The van der Waals surface area contributed by atoms with Crippen molar-refractivity contribution in [2.24, 2.45) is 0 Å². The van der Waals surface area contributed by atoms with Gasteiger partial charge in [-0.2, -0.15) is 13.2 Å². The smallest absolute Gasteiger partial charge is 0.416 e. The van der Waals surface area contributed by atoms with Crippen LogP contribution in [0.3, 0.4) is 0 Å². The summed E-state index contributed by atoms with van der Waals surface area (Å²) in [6.45, 7) is 4.10. The zero-order valence-electron chi connectivity index (χ0n) is 22.9. The van der Waals surface area contributed by atoms with Gasteiger partial charge in [0.15, 0.2) is 17.3 Å². The average Bonchev–Trinajstić information content (AvgIpc) is 2.94. The number of carbonyl (C=O) groups is 1. The molecule has 0 amide bonds. The van der Waals surface area contributed by atoms with Crippen molar-refractivity contribution >= 4 is 17.5 Å². The number of ketones is 1. The molecule has 0 bridgehead atoms. The number of ether oxygens (including phenoxy) is 5. The lowest BCUT2D eigenvalue weighted by Gasteiger charge is -2.14. The van der Waals surface area contributed by atoms with E-state index in [0.29, 0.717) is 34.3 Å². The number of carbonyl (C=O) groups excluding carboxylic acids is 1. The number of rotatable bonds is 14. The van der Waals surface area contributed by atoms with Crippen LogP contribution in [0.25, 0.3) is 6.08 Å². The van der Waals surface area contributed by atoms with Gasteiger partial charge in [0.05, 0.1) is 39.7 Å². The number of allylic oxidation sites excluding steroid dienone is 5. The molecule has 2 aromatic carbocycles. The second-order valence-corrected chi connectivity index (χ2v) is 8.12. The molecule has 0 aliphatic rings. The molecular formula is C30H32F3NO6. The molecule has 214 valence electrons. The molecule has 1 N–H and O–H groups in total. The number of nitrogens with one attached hydrogen (secondary N) is 1. The molecule has 0 fully saturated rings. The van der Waals surface area contributed by atoms with Crippen molar-refractivity contribution in [3.05, 3.63) is 107 Å². The molecule has 0 unspecified atom stereocenters. The van der Waals surface area contributed by atoms with Gasteiger partial charge in [0.2, 0.25) is 0 Å². The van der Waals surface area contributed by atoms with E-state index in [9.17, 15) is 18.0 Å². The van der Waals surface area contributed by atoms with Gasteiger partial charge in [0.25, 0.3) is 0 Å². The van der Waals surface area contributed by atoms with Crippen LogP contribution < -0.4 is 14.8 Å². The lowest BCUT2D eigenvalue weighted by atomic mass is 10.1. The third-order valence-corrected chi connectivity index (χ3v) is 5.41. The van der Waals surface area contributed by atoms with E-state index in [2.05, 4.69) is 11.9 Å². The van der Waals surface area contributed by atoms with Gasteiger partial charge in [0, 0.05) is 24.9 Å². The summed E-state index contributed by atoms with van der Waals surface area (Å²) in [6, 6.07) is 7.51. The minimum atomic E-state index is -4.48. The monoisotopic (exact) mass is 559 g/mol. The molecule has 0 spiro atoms. The highest BCUT2D eigenvalue weighted by Crippen LogP contribution is 2.37. The molecule has 0 atom stereocenters. The maximum Gasteiger partial charge on any atom is 0.416 e. The SMILES string of the molecule is C=C(/C=C(/C=C\c1cc(N/C=C\C(=O)c2ccc(C(F)(F)F)cc2)c(OC)c(OC)c1)\C=C(/COC)OC)OC. The minimum absolute atomic E-state index is 0.112. The second-order valence-electron chi connectivity index (χ2n) is 8.12. The van der Waals surface area contributed by atoms with Crippen LogP contribution in [0.4, 0.5) is 18.9 Å². The van der Waals surface area contributed by atoms with Crippen molar-refractivity contribution in [3.8, 4) is 11.5 Å². The van der Waals surface area contributed by atoms with Gasteiger partial charge >= 0.3 is 6.18 Å². The number of halogens is 3. The first-order chi connectivity index (χ1) is 19.1. The van der Waals surface area contributed by atoms with Crippen molar-refractivity contribution in [3.63, 3.8) is 0 Å². The van der Waals surface area contributed by atoms with E-state index in [-0.39, 0.29) is 12.2 Å². The Kier molecular flexibility index (Phi) is 12.1. The molecule has 2 aromatic rings. The van der Waals surface area contributed by atoms with E-state index in [4.69, 9.17) is 23.7 Å².